The van der Waals surface area contributed by atoms with Gasteiger partial charge in [-0.25, -0.2) is 0 Å². The Morgan fingerprint density at radius 1 is 0.500 bits per heavy atom. The number of rotatable bonds is 4. The molecule has 0 nitrogen and oxygen atoms in total. The molecule has 9 rings (SSSR count). The third-order valence-electron chi connectivity index (χ3n) is 10.9. The summed E-state index contributed by atoms with van der Waals surface area (Å²) in [6.45, 7) is 9.61. The zero-order valence-corrected chi connectivity index (χ0v) is 33.7. The van der Waals surface area contributed by atoms with Crippen LogP contribution >= 0.6 is 0 Å². The van der Waals surface area contributed by atoms with E-state index in [-0.39, 0.29) is 24.8 Å². The van der Waals surface area contributed by atoms with E-state index in [0.717, 1.165) is 0 Å². The van der Waals surface area contributed by atoms with Crippen molar-refractivity contribution in [3.8, 4) is 22.3 Å². The van der Waals surface area contributed by atoms with Gasteiger partial charge in [-0.05, 0) is 0 Å². The molecule has 0 heterocycles. The van der Waals surface area contributed by atoms with Crippen LogP contribution < -0.4 is 30.0 Å². The molecule has 2 aliphatic carbocycles. The summed E-state index contributed by atoms with van der Waals surface area (Å²) in [6.07, 6.45) is 2.73. The number of halogens is 2. The van der Waals surface area contributed by atoms with Crippen molar-refractivity contribution in [1.29, 1.82) is 0 Å². The number of benzene rings is 7. The van der Waals surface area contributed by atoms with Crippen molar-refractivity contribution >= 4 is 37.7 Å². The minimum absolute atomic E-state index is 0. The molecule has 1 unspecified atom stereocenters. The molecule has 244 valence electrons. The van der Waals surface area contributed by atoms with Gasteiger partial charge in [0.2, 0.25) is 0 Å². The van der Waals surface area contributed by atoms with Crippen LogP contribution in [0.15, 0.2) is 146 Å². The van der Waals surface area contributed by atoms with E-state index in [1.54, 1.807) is 21.9 Å². The molecule has 4 heteroatoms. The Morgan fingerprint density at radius 3 is 1.78 bits per heavy atom. The Hall–Kier alpha value is -3.52. The van der Waals surface area contributed by atoms with Crippen molar-refractivity contribution in [1.82, 2.24) is 0 Å². The van der Waals surface area contributed by atoms with Gasteiger partial charge < -0.3 is 24.8 Å². The van der Waals surface area contributed by atoms with Crippen LogP contribution in [0.4, 0.5) is 0 Å². The summed E-state index contributed by atoms with van der Waals surface area (Å²) in [4.78, 5) is 0. The standard InChI is InChI=1S/C24H17.C15H13.C7H8Si.2ClH.Zr/c1-16-13-14-17-8-6-12-22(24(16)17)23-15-18-7-2-3-9-19(18)20-10-4-5-11-21(20)23;1-10-3-5-14-12(7-10)9-13-8-11(2)4-6-15(13)14;1-8-7-5-3-2-4-6-7;;;/h2-15H,1H3;3-9H,1-2H3;2-6H,1H3;2*1H;/q;;;;;+2/p-2. The zero-order chi connectivity index (χ0) is 32.5. The fraction of sp³-hybridized carbons (Fsp3) is 0.130. The van der Waals surface area contributed by atoms with Crippen molar-refractivity contribution in [2.24, 2.45) is 0 Å². The van der Waals surface area contributed by atoms with E-state index in [4.69, 9.17) is 0 Å². The first-order valence-electron chi connectivity index (χ1n) is 17.2. The zero-order valence-electron chi connectivity index (χ0n) is 28.8. The Labute approximate surface area is 316 Å². The van der Waals surface area contributed by atoms with Crippen molar-refractivity contribution in [3.63, 3.8) is 0 Å². The predicted molar refractivity (Wildman–Crippen MR) is 204 cm³/mol. The number of allylic oxidation sites excluding steroid dienone is 2. The molecule has 0 fully saturated rings. The summed E-state index contributed by atoms with van der Waals surface area (Å²) in [5, 5.41) is 6.92. The molecule has 50 heavy (non-hydrogen) atoms. The third-order valence-corrected chi connectivity index (χ3v) is 30.9. The molecular weight excluding hydrogens is 743 g/mol. The molecule has 0 aromatic heterocycles. The average Bonchev–Trinajstić information content (AvgIpc) is 3.62. The van der Waals surface area contributed by atoms with Crippen LogP contribution in [0.5, 0.6) is 0 Å². The molecule has 0 spiro atoms. The maximum absolute atomic E-state index is 2.73. The number of hydrogen-bond acceptors (Lipinski definition) is 0. The summed E-state index contributed by atoms with van der Waals surface area (Å²) in [7, 11) is 0. The van der Waals surface area contributed by atoms with E-state index >= 15 is 0 Å². The molecule has 0 saturated carbocycles. The van der Waals surface area contributed by atoms with E-state index in [9.17, 15) is 0 Å². The molecule has 7 aromatic carbocycles. The number of fused-ring (bicyclic) bond motifs is 7. The first-order valence-corrected chi connectivity index (χ1v) is 25.7. The van der Waals surface area contributed by atoms with Gasteiger partial charge >= 0.3 is 294 Å². The van der Waals surface area contributed by atoms with E-state index in [1.165, 1.54) is 66.1 Å². The van der Waals surface area contributed by atoms with Crippen LogP contribution in [0.2, 0.25) is 6.55 Å². The Kier molecular flexibility index (Phi) is 9.70. The topological polar surface area (TPSA) is 0 Å². The molecule has 0 aliphatic heterocycles. The van der Waals surface area contributed by atoms with E-state index in [2.05, 4.69) is 173 Å². The quantitative estimate of drug-likeness (QED) is 0.160. The van der Waals surface area contributed by atoms with Gasteiger partial charge in [0, 0.05) is 0 Å². The van der Waals surface area contributed by atoms with E-state index in [1.807, 2.05) is 0 Å². The SMILES string of the molecule is CC1=C[CH](/[Zr+2]([CH]2c3cc(C)ccc3-c3ccc(C)cc32)=[Si](/C)c2ccccc2)c2cccc(-c3cc4ccccc4c4ccccc34)c21.[Cl-].[Cl-]. The van der Waals surface area contributed by atoms with Crippen LogP contribution in [-0.4, -0.2) is 5.43 Å². The van der Waals surface area contributed by atoms with Gasteiger partial charge in [-0.2, -0.15) is 0 Å². The number of hydrogen-bond donors (Lipinski definition) is 0. The van der Waals surface area contributed by atoms with Crippen LogP contribution in [0.1, 0.15) is 47.6 Å². The molecule has 0 radical (unpaired) electrons. The molecule has 0 N–H and O–H groups in total. The molecule has 2 aliphatic rings. The predicted octanol–water partition coefficient (Wildman–Crippen LogP) is 5.66. The summed E-state index contributed by atoms with van der Waals surface area (Å²) >= 11 is -2.49. The van der Waals surface area contributed by atoms with Crippen LogP contribution in [0.25, 0.3) is 49.4 Å². The van der Waals surface area contributed by atoms with E-state index < -0.39 is 25.8 Å². The molecule has 0 saturated heterocycles. The maximum Gasteiger partial charge on any atom is -1.00 e. The minimum atomic E-state index is -2.49. The number of aryl methyl sites for hydroxylation is 2. The van der Waals surface area contributed by atoms with Crippen LogP contribution in [0.3, 0.4) is 0 Å². The minimum Gasteiger partial charge on any atom is -1.00 e. The van der Waals surface area contributed by atoms with Gasteiger partial charge in [0.25, 0.3) is 0 Å². The van der Waals surface area contributed by atoms with Gasteiger partial charge in [0.1, 0.15) is 0 Å². The molecule has 0 bridgehead atoms. The Balaban J connectivity index is 0.00000196. The summed E-state index contributed by atoms with van der Waals surface area (Å²) in [5.41, 5.74) is 15.3. The summed E-state index contributed by atoms with van der Waals surface area (Å²) < 4.78 is 1.04. The fourth-order valence-corrected chi connectivity index (χ4v) is 30.4. The van der Waals surface area contributed by atoms with Gasteiger partial charge in [-0.1, -0.05) is 0 Å². The smallest absolute Gasteiger partial charge is 1.00 e. The summed E-state index contributed by atoms with van der Waals surface area (Å²) in [5.74, 6) is 0. The second kappa shape index (κ2) is 13.9. The van der Waals surface area contributed by atoms with Crippen LogP contribution in [-0.2, 0) is 20.4 Å². The van der Waals surface area contributed by atoms with Gasteiger partial charge in [-0.3, -0.25) is 0 Å². The Bertz CT molecular complexity index is 2460. The van der Waals surface area contributed by atoms with Gasteiger partial charge in [-0.15, -0.1) is 0 Å². The molecular formula is C46H38Cl2SiZr. The monoisotopic (exact) mass is 778 g/mol. The molecule has 7 aromatic rings. The summed E-state index contributed by atoms with van der Waals surface area (Å²) in [6, 6.07) is 53.7. The van der Waals surface area contributed by atoms with Crippen LogP contribution in [0, 0.1) is 13.8 Å². The first-order chi connectivity index (χ1) is 23.5. The molecule has 0 amide bonds. The second-order valence-electron chi connectivity index (χ2n) is 13.8. The van der Waals surface area contributed by atoms with Crippen molar-refractivity contribution in [2.75, 3.05) is 0 Å². The largest absolute Gasteiger partial charge is 1.00 e. The maximum atomic E-state index is 2.73. The second-order valence-corrected chi connectivity index (χ2v) is 29.8. The van der Waals surface area contributed by atoms with Crippen molar-refractivity contribution < 1.29 is 45.2 Å². The van der Waals surface area contributed by atoms with Crippen molar-refractivity contribution in [2.45, 2.75) is 34.6 Å². The fourth-order valence-electron chi connectivity index (χ4n) is 8.77. The third kappa shape index (κ3) is 5.61. The molecule has 1 atom stereocenters. The first kappa shape index (κ1) is 34.9. The van der Waals surface area contributed by atoms with E-state index in [0.29, 0.717) is 7.25 Å². The normalized spacial score (nSPS) is 14.7. The Morgan fingerprint density at radius 2 is 1.10 bits per heavy atom. The average molecular weight is 781 g/mol. The van der Waals surface area contributed by atoms with Gasteiger partial charge in [0.15, 0.2) is 0 Å². The van der Waals surface area contributed by atoms with Crippen molar-refractivity contribution in [3.05, 3.63) is 179 Å². The van der Waals surface area contributed by atoms with Gasteiger partial charge in [0.05, 0.1) is 0 Å².